The van der Waals surface area contributed by atoms with Gasteiger partial charge in [0, 0.05) is 44.8 Å². The molecule has 1 saturated heterocycles. The van der Waals surface area contributed by atoms with Crippen molar-refractivity contribution in [2.45, 2.75) is 25.2 Å². The van der Waals surface area contributed by atoms with E-state index in [2.05, 4.69) is 27.0 Å². The summed E-state index contributed by atoms with van der Waals surface area (Å²) in [5.41, 5.74) is 12.1. The Balaban J connectivity index is 2.03. The zero-order valence-corrected chi connectivity index (χ0v) is 15.1. The van der Waals surface area contributed by atoms with E-state index in [0.29, 0.717) is 44.0 Å². The van der Waals surface area contributed by atoms with Gasteiger partial charge >= 0.3 is 0 Å². The Morgan fingerprint density at radius 2 is 2.22 bits per heavy atom. The van der Waals surface area contributed by atoms with Crippen LogP contribution in [0.1, 0.15) is 12.8 Å². The maximum atomic E-state index is 12.8. The molecule has 1 fully saturated rings. The van der Waals surface area contributed by atoms with Crippen molar-refractivity contribution < 1.29 is 14.6 Å². The van der Waals surface area contributed by atoms with Crippen LogP contribution in [0.4, 0.5) is 5.69 Å². The fourth-order valence-electron chi connectivity index (χ4n) is 2.87. The van der Waals surface area contributed by atoms with Crippen molar-refractivity contribution in [3.63, 3.8) is 0 Å². The molecule has 0 aliphatic carbocycles. The Bertz CT molecular complexity index is 642. The van der Waals surface area contributed by atoms with Gasteiger partial charge in [-0.1, -0.05) is 0 Å². The first-order chi connectivity index (χ1) is 13.1. The smallest absolute Gasteiger partial charge is 0.233 e. The largest absolute Gasteiger partial charge is 0.491 e. The quantitative estimate of drug-likeness (QED) is 0.226. The third-order valence-electron chi connectivity index (χ3n) is 4.31. The Hall–Kier alpha value is -2.29. The molecular weight excluding hydrogens is 350 g/mol. The molecule has 1 aromatic rings. The van der Waals surface area contributed by atoms with Crippen molar-refractivity contribution in [1.82, 2.24) is 15.6 Å². The van der Waals surface area contributed by atoms with E-state index in [4.69, 9.17) is 26.6 Å². The maximum absolute atomic E-state index is 12.8. The van der Waals surface area contributed by atoms with Crippen LogP contribution in [0.25, 0.3) is 0 Å². The number of ether oxygens (including phenoxy) is 1. The van der Waals surface area contributed by atoms with Crippen LogP contribution in [0, 0.1) is 23.2 Å². The highest BCUT2D eigenvalue weighted by Gasteiger charge is 2.35. The fraction of sp³-hybridized carbons (Fsp3) is 0.588. The minimum Gasteiger partial charge on any atom is -0.491 e. The number of nitriles is 1. The second kappa shape index (κ2) is 10.8. The molecule has 2 rings (SSSR count). The highest BCUT2D eigenvalue weighted by molar-refractivity contribution is 5.94. The summed E-state index contributed by atoms with van der Waals surface area (Å²) < 4.78 is 5.57. The number of carbonyl (C=O) groups is 1. The first-order valence-corrected chi connectivity index (χ1v) is 8.90. The summed E-state index contributed by atoms with van der Waals surface area (Å²) in [4.78, 5) is 16.8. The molecule has 1 amide bonds. The minimum atomic E-state index is -0.891. The Kier molecular flexibility index (Phi) is 8.38. The molecule has 0 bridgehead atoms. The standard InChI is InChI=1S/C17H27N7O3/c18-4-2-11-8-22-16(23-9-11)14(15(19)20)17(26)24-12-10-21-5-3-13(12)27-7-1-6-25/h3,5,10-11,14-16,22-23,25H,1-2,6-9,19-20H2,(H,24,26). The Labute approximate surface area is 158 Å². The SMILES string of the molecule is N#CCC1CNC(C(C(=O)Nc2cnccc2OCCCO)C(N)N)NC1. The van der Waals surface area contributed by atoms with Crippen LogP contribution >= 0.6 is 0 Å². The average molecular weight is 377 g/mol. The molecule has 8 N–H and O–H groups in total. The van der Waals surface area contributed by atoms with Crippen molar-refractivity contribution in [3.05, 3.63) is 18.5 Å². The molecule has 10 heteroatoms. The van der Waals surface area contributed by atoms with Gasteiger partial charge in [-0.15, -0.1) is 0 Å². The van der Waals surface area contributed by atoms with Crippen LogP contribution in [0.5, 0.6) is 5.75 Å². The van der Waals surface area contributed by atoms with Crippen LogP contribution < -0.4 is 32.2 Å². The highest BCUT2D eigenvalue weighted by atomic mass is 16.5. The summed E-state index contributed by atoms with van der Waals surface area (Å²) in [5, 5.41) is 26.8. The van der Waals surface area contributed by atoms with Gasteiger partial charge in [0.1, 0.15) is 11.4 Å². The normalized spacial score (nSPS) is 20.7. The number of amides is 1. The van der Waals surface area contributed by atoms with Crippen LogP contribution in [0.3, 0.4) is 0 Å². The number of aromatic nitrogens is 1. The molecule has 1 aliphatic heterocycles. The number of hydrogen-bond acceptors (Lipinski definition) is 9. The van der Waals surface area contributed by atoms with E-state index in [1.165, 1.54) is 6.20 Å². The average Bonchev–Trinajstić information content (AvgIpc) is 2.65. The van der Waals surface area contributed by atoms with E-state index in [0.717, 1.165) is 0 Å². The van der Waals surface area contributed by atoms with E-state index in [1.54, 1.807) is 12.3 Å². The van der Waals surface area contributed by atoms with Crippen molar-refractivity contribution in [1.29, 1.82) is 5.26 Å². The molecule has 1 aliphatic rings. The number of nitrogens with zero attached hydrogens (tertiary/aromatic N) is 2. The molecule has 27 heavy (non-hydrogen) atoms. The van der Waals surface area contributed by atoms with Gasteiger partial charge in [-0.3, -0.25) is 9.78 Å². The zero-order chi connectivity index (χ0) is 19.6. The number of carbonyl (C=O) groups excluding carboxylic acids is 1. The van der Waals surface area contributed by atoms with Crippen molar-refractivity contribution in [3.8, 4) is 11.8 Å². The molecule has 0 saturated carbocycles. The lowest BCUT2D eigenvalue weighted by molar-refractivity contribution is -0.122. The predicted octanol–water partition coefficient (Wildman–Crippen LogP) is -1.31. The molecule has 2 heterocycles. The fourth-order valence-corrected chi connectivity index (χ4v) is 2.87. The maximum Gasteiger partial charge on any atom is 0.233 e. The zero-order valence-electron chi connectivity index (χ0n) is 15.1. The number of nitrogens with one attached hydrogen (secondary N) is 3. The summed E-state index contributed by atoms with van der Waals surface area (Å²) in [5.74, 6) is -0.476. The topological polar surface area (TPSA) is 171 Å². The van der Waals surface area contributed by atoms with E-state index >= 15 is 0 Å². The number of hydrogen-bond donors (Lipinski definition) is 6. The number of anilines is 1. The van der Waals surface area contributed by atoms with Gasteiger partial charge in [0.2, 0.25) is 5.91 Å². The third-order valence-corrected chi connectivity index (χ3v) is 4.31. The van der Waals surface area contributed by atoms with Gasteiger partial charge in [0.25, 0.3) is 0 Å². The van der Waals surface area contributed by atoms with Crippen molar-refractivity contribution in [2.24, 2.45) is 23.3 Å². The van der Waals surface area contributed by atoms with Gasteiger partial charge in [-0.2, -0.15) is 5.26 Å². The van der Waals surface area contributed by atoms with Gasteiger partial charge < -0.3 is 37.3 Å². The number of aliphatic hydroxyl groups excluding tert-OH is 1. The summed E-state index contributed by atoms with van der Waals surface area (Å²) in [7, 11) is 0. The van der Waals surface area contributed by atoms with Crippen molar-refractivity contribution >= 4 is 11.6 Å². The van der Waals surface area contributed by atoms with Gasteiger partial charge in [0.15, 0.2) is 0 Å². The molecule has 1 atom stereocenters. The Morgan fingerprint density at radius 1 is 1.48 bits per heavy atom. The highest BCUT2D eigenvalue weighted by Crippen LogP contribution is 2.24. The summed E-state index contributed by atoms with van der Waals surface area (Å²) >= 11 is 0. The molecule has 1 aromatic heterocycles. The van der Waals surface area contributed by atoms with Crippen LogP contribution in [-0.4, -0.2) is 54.6 Å². The van der Waals surface area contributed by atoms with E-state index in [-0.39, 0.29) is 18.4 Å². The molecular formula is C17H27N7O3. The number of pyridine rings is 1. The lowest BCUT2D eigenvalue weighted by atomic mass is 9.96. The second-order valence-electron chi connectivity index (χ2n) is 6.41. The van der Waals surface area contributed by atoms with Crippen LogP contribution in [-0.2, 0) is 4.79 Å². The van der Waals surface area contributed by atoms with E-state index in [1.807, 2.05) is 0 Å². The van der Waals surface area contributed by atoms with E-state index < -0.39 is 18.2 Å². The minimum absolute atomic E-state index is 0.0166. The lowest BCUT2D eigenvalue weighted by Crippen LogP contribution is -2.63. The summed E-state index contributed by atoms with van der Waals surface area (Å²) in [6.45, 7) is 1.53. The molecule has 148 valence electrons. The monoisotopic (exact) mass is 377 g/mol. The van der Waals surface area contributed by atoms with Crippen LogP contribution in [0.2, 0.25) is 0 Å². The molecule has 0 radical (unpaired) electrons. The first kappa shape index (κ1) is 21.0. The van der Waals surface area contributed by atoms with Crippen LogP contribution in [0.15, 0.2) is 18.5 Å². The molecule has 0 spiro atoms. The molecule has 1 unspecified atom stereocenters. The van der Waals surface area contributed by atoms with Gasteiger partial charge in [-0.25, -0.2) is 0 Å². The van der Waals surface area contributed by atoms with Crippen molar-refractivity contribution in [2.75, 3.05) is 31.6 Å². The number of nitrogens with two attached hydrogens (primary N) is 2. The molecule has 10 nitrogen and oxygen atoms in total. The summed E-state index contributed by atoms with van der Waals surface area (Å²) in [6.07, 6.45) is 2.65. The first-order valence-electron chi connectivity index (χ1n) is 8.90. The Morgan fingerprint density at radius 3 is 2.85 bits per heavy atom. The van der Waals surface area contributed by atoms with Gasteiger partial charge in [0.05, 0.1) is 37.1 Å². The summed E-state index contributed by atoms with van der Waals surface area (Å²) in [6, 6.07) is 3.77. The number of rotatable bonds is 9. The number of aliphatic hydroxyl groups is 1. The van der Waals surface area contributed by atoms with Gasteiger partial charge in [-0.05, 0) is 5.92 Å². The second-order valence-corrected chi connectivity index (χ2v) is 6.41. The predicted molar refractivity (Wildman–Crippen MR) is 99.2 cm³/mol. The molecule has 0 aromatic carbocycles. The van der Waals surface area contributed by atoms with E-state index in [9.17, 15) is 4.79 Å². The third kappa shape index (κ3) is 6.13. The lowest BCUT2D eigenvalue weighted by Gasteiger charge is -2.36.